The Labute approximate surface area is 148 Å². The van der Waals surface area contributed by atoms with Gasteiger partial charge in [0, 0.05) is 6.42 Å². The number of hydrogen-bond donors (Lipinski definition) is 0. The van der Waals surface area contributed by atoms with Crippen LogP contribution in [-0.4, -0.2) is 6.61 Å². The Kier molecular flexibility index (Phi) is 3.97. The van der Waals surface area contributed by atoms with E-state index in [1.54, 1.807) is 11.1 Å². The highest BCUT2D eigenvalue weighted by Crippen LogP contribution is 2.65. The smallest absolute Gasteiger partial charge is 0.0962 e. The molecule has 0 radical (unpaired) electrons. The van der Waals surface area contributed by atoms with Crippen molar-refractivity contribution in [2.45, 2.75) is 72.6 Å². The van der Waals surface area contributed by atoms with Crippen molar-refractivity contribution in [2.75, 3.05) is 6.61 Å². The molecule has 4 rings (SSSR count). The van der Waals surface area contributed by atoms with Gasteiger partial charge in [0.1, 0.15) is 0 Å². The summed E-state index contributed by atoms with van der Waals surface area (Å²) in [5.74, 6) is 3.91. The first kappa shape index (κ1) is 16.5. The standard InChI is InChI=1S/C23H34O/c1-5-16-8-10-20-19-9-7-17-15-18(24-6-2)11-13-23(17,4)21(19)12-14-22(16,20)3/h5,7,15,19-21H,6,8-14H2,1-4H3/t19?,20?,21?,22-,23+/m0/s1. The van der Waals surface area contributed by atoms with Crippen molar-refractivity contribution in [3.63, 3.8) is 0 Å². The van der Waals surface area contributed by atoms with Gasteiger partial charge in [0.15, 0.2) is 0 Å². The number of ether oxygens (including phenoxy) is 1. The second-order valence-electron chi connectivity index (χ2n) is 9.04. The Hall–Kier alpha value is -0.980. The maximum atomic E-state index is 5.84. The molecule has 24 heavy (non-hydrogen) atoms. The summed E-state index contributed by atoms with van der Waals surface area (Å²) in [6.07, 6.45) is 16.7. The number of hydrogen-bond acceptors (Lipinski definition) is 1. The van der Waals surface area contributed by atoms with Crippen LogP contribution < -0.4 is 0 Å². The molecular formula is C23H34O. The van der Waals surface area contributed by atoms with Crippen LogP contribution in [0.4, 0.5) is 0 Å². The molecule has 0 aromatic rings. The Morgan fingerprint density at radius 3 is 2.67 bits per heavy atom. The molecule has 0 bridgehead atoms. The molecule has 4 aliphatic rings. The van der Waals surface area contributed by atoms with E-state index in [9.17, 15) is 0 Å². The Morgan fingerprint density at radius 2 is 1.92 bits per heavy atom. The zero-order chi connectivity index (χ0) is 16.9. The third-order valence-electron chi connectivity index (χ3n) is 8.26. The predicted molar refractivity (Wildman–Crippen MR) is 101 cm³/mol. The van der Waals surface area contributed by atoms with Gasteiger partial charge >= 0.3 is 0 Å². The molecule has 2 saturated carbocycles. The van der Waals surface area contributed by atoms with Crippen molar-refractivity contribution >= 4 is 0 Å². The average molecular weight is 327 g/mol. The molecule has 3 unspecified atom stereocenters. The van der Waals surface area contributed by atoms with Crippen LogP contribution in [0.2, 0.25) is 0 Å². The minimum absolute atomic E-state index is 0.392. The molecular weight excluding hydrogens is 292 g/mol. The number of fused-ring (bicyclic) bond motifs is 5. The molecule has 0 aromatic heterocycles. The van der Waals surface area contributed by atoms with E-state index in [0.717, 1.165) is 30.8 Å². The van der Waals surface area contributed by atoms with Gasteiger partial charge in [-0.1, -0.05) is 31.6 Å². The fraction of sp³-hybridized carbons (Fsp3) is 0.739. The van der Waals surface area contributed by atoms with Gasteiger partial charge in [-0.05, 0) is 92.6 Å². The molecule has 0 saturated heterocycles. The highest BCUT2D eigenvalue weighted by atomic mass is 16.5. The monoisotopic (exact) mass is 326 g/mol. The maximum absolute atomic E-state index is 5.84. The Balaban J connectivity index is 1.66. The van der Waals surface area contributed by atoms with E-state index < -0.39 is 0 Å². The lowest BCUT2D eigenvalue weighted by molar-refractivity contribution is -0.00881. The molecule has 1 heteroatoms. The summed E-state index contributed by atoms with van der Waals surface area (Å²) in [4.78, 5) is 0. The van der Waals surface area contributed by atoms with Gasteiger partial charge < -0.3 is 4.74 Å². The maximum Gasteiger partial charge on any atom is 0.0962 e. The molecule has 0 aromatic carbocycles. The molecule has 0 N–H and O–H groups in total. The van der Waals surface area contributed by atoms with Gasteiger partial charge in [-0.25, -0.2) is 0 Å². The molecule has 1 nitrogen and oxygen atoms in total. The lowest BCUT2D eigenvalue weighted by atomic mass is 9.48. The molecule has 5 atom stereocenters. The summed E-state index contributed by atoms with van der Waals surface area (Å²) in [5.41, 5.74) is 4.24. The Bertz CT molecular complexity index is 610. The van der Waals surface area contributed by atoms with Crippen molar-refractivity contribution in [3.8, 4) is 0 Å². The SMILES string of the molecule is CC=C1CCC2C3CC=C4C=C(OCC)CC[C@@]4(C)C3CC[C@@]12C. The molecule has 0 amide bonds. The zero-order valence-corrected chi connectivity index (χ0v) is 16.0. The lowest BCUT2D eigenvalue weighted by Crippen LogP contribution is -2.48. The second-order valence-corrected chi connectivity index (χ2v) is 9.04. The molecule has 2 fully saturated rings. The topological polar surface area (TPSA) is 9.23 Å². The average Bonchev–Trinajstić information content (AvgIpc) is 2.92. The van der Waals surface area contributed by atoms with Crippen molar-refractivity contribution in [1.29, 1.82) is 0 Å². The number of rotatable bonds is 2. The van der Waals surface area contributed by atoms with Crippen LogP contribution in [0.25, 0.3) is 0 Å². The summed E-state index contributed by atoms with van der Waals surface area (Å²) in [6, 6.07) is 0. The second kappa shape index (κ2) is 5.78. The van der Waals surface area contributed by atoms with Gasteiger partial charge in [0.05, 0.1) is 12.4 Å². The quantitative estimate of drug-likeness (QED) is 0.532. The lowest BCUT2D eigenvalue weighted by Gasteiger charge is -2.56. The minimum Gasteiger partial charge on any atom is -0.498 e. The normalized spacial score (nSPS) is 45.8. The van der Waals surface area contributed by atoms with Crippen molar-refractivity contribution < 1.29 is 4.74 Å². The fourth-order valence-corrected chi connectivity index (χ4v) is 6.92. The highest BCUT2D eigenvalue weighted by Gasteiger charge is 2.56. The van der Waals surface area contributed by atoms with E-state index in [0.29, 0.717) is 10.8 Å². The van der Waals surface area contributed by atoms with Crippen molar-refractivity contribution in [2.24, 2.45) is 28.6 Å². The Morgan fingerprint density at radius 1 is 1.12 bits per heavy atom. The first-order valence-corrected chi connectivity index (χ1v) is 10.2. The van der Waals surface area contributed by atoms with Crippen LogP contribution in [-0.2, 0) is 4.74 Å². The first-order chi connectivity index (χ1) is 11.5. The summed E-state index contributed by atoms with van der Waals surface area (Å²) in [6.45, 7) is 10.3. The van der Waals surface area contributed by atoms with Gasteiger partial charge in [-0.3, -0.25) is 0 Å². The van der Waals surface area contributed by atoms with Crippen LogP contribution in [0.1, 0.15) is 72.6 Å². The highest BCUT2D eigenvalue weighted by molar-refractivity contribution is 5.36. The molecule has 4 aliphatic carbocycles. The third kappa shape index (κ3) is 2.19. The number of allylic oxidation sites excluding steroid dienone is 6. The third-order valence-corrected chi connectivity index (χ3v) is 8.26. The summed E-state index contributed by atoms with van der Waals surface area (Å²) >= 11 is 0. The first-order valence-electron chi connectivity index (χ1n) is 10.2. The zero-order valence-electron chi connectivity index (χ0n) is 16.0. The van der Waals surface area contributed by atoms with Crippen LogP contribution in [0, 0.1) is 28.6 Å². The largest absolute Gasteiger partial charge is 0.498 e. The fourth-order valence-electron chi connectivity index (χ4n) is 6.92. The van der Waals surface area contributed by atoms with E-state index in [-0.39, 0.29) is 0 Å². The summed E-state index contributed by atoms with van der Waals surface area (Å²) < 4.78 is 5.84. The minimum atomic E-state index is 0.392. The molecule has 0 aliphatic heterocycles. The summed E-state index contributed by atoms with van der Waals surface area (Å²) in [5, 5.41) is 0. The summed E-state index contributed by atoms with van der Waals surface area (Å²) in [7, 11) is 0. The molecule has 0 spiro atoms. The van der Waals surface area contributed by atoms with E-state index in [1.165, 1.54) is 44.3 Å². The van der Waals surface area contributed by atoms with Crippen LogP contribution >= 0.6 is 0 Å². The van der Waals surface area contributed by atoms with Crippen molar-refractivity contribution in [1.82, 2.24) is 0 Å². The van der Waals surface area contributed by atoms with Gasteiger partial charge in [0.25, 0.3) is 0 Å². The molecule has 132 valence electrons. The van der Waals surface area contributed by atoms with E-state index in [1.807, 2.05) is 0 Å². The van der Waals surface area contributed by atoms with E-state index in [4.69, 9.17) is 4.74 Å². The molecule has 0 heterocycles. The van der Waals surface area contributed by atoms with Gasteiger partial charge in [0.2, 0.25) is 0 Å². The van der Waals surface area contributed by atoms with E-state index >= 15 is 0 Å². The van der Waals surface area contributed by atoms with Gasteiger partial charge in [-0.15, -0.1) is 0 Å². The van der Waals surface area contributed by atoms with Crippen LogP contribution in [0.5, 0.6) is 0 Å². The van der Waals surface area contributed by atoms with Gasteiger partial charge in [-0.2, -0.15) is 0 Å². The van der Waals surface area contributed by atoms with Crippen LogP contribution in [0.3, 0.4) is 0 Å². The van der Waals surface area contributed by atoms with Crippen molar-refractivity contribution in [3.05, 3.63) is 35.1 Å². The van der Waals surface area contributed by atoms with Crippen LogP contribution in [0.15, 0.2) is 35.1 Å². The van der Waals surface area contributed by atoms with E-state index in [2.05, 4.69) is 45.9 Å². The predicted octanol–water partition coefficient (Wildman–Crippen LogP) is 6.43.